The first kappa shape index (κ1) is 14.2. The number of carboxylic acids is 1. The molecule has 1 atom stereocenters. The van der Waals surface area contributed by atoms with E-state index >= 15 is 0 Å². The van der Waals surface area contributed by atoms with Crippen molar-refractivity contribution in [3.05, 3.63) is 11.1 Å². The number of nitrogens with zero attached hydrogens (tertiary/aromatic N) is 3. The van der Waals surface area contributed by atoms with Crippen molar-refractivity contribution in [1.29, 1.82) is 0 Å². The molecule has 0 saturated carbocycles. The van der Waals surface area contributed by atoms with Crippen LogP contribution in [-0.4, -0.2) is 53.2 Å². The topological polar surface area (TPSA) is 82.7 Å². The number of aliphatic carboxylic acids is 1. The Morgan fingerprint density at radius 1 is 1.42 bits per heavy atom. The molecule has 0 spiro atoms. The Balaban J connectivity index is 1.99. The second-order valence-corrected chi connectivity index (χ2v) is 5.82. The highest BCUT2D eigenvalue weighted by molar-refractivity contribution is 7.13. The van der Waals surface area contributed by atoms with Crippen molar-refractivity contribution in [3.8, 4) is 0 Å². The van der Waals surface area contributed by atoms with Gasteiger partial charge in [0.2, 0.25) is 0 Å². The molecule has 2 heterocycles. The van der Waals surface area contributed by atoms with Crippen LogP contribution in [0.1, 0.15) is 25.6 Å². The lowest BCUT2D eigenvalue weighted by molar-refractivity contribution is -0.138. The Bertz CT molecular complexity index is 441. The van der Waals surface area contributed by atoms with Crippen molar-refractivity contribution in [2.75, 3.05) is 31.1 Å². The van der Waals surface area contributed by atoms with Crippen LogP contribution >= 0.6 is 11.3 Å². The smallest absolute Gasteiger partial charge is 0.326 e. The normalized spacial score (nSPS) is 18.8. The van der Waals surface area contributed by atoms with Crippen LogP contribution in [0.25, 0.3) is 0 Å². The Morgan fingerprint density at radius 3 is 2.58 bits per heavy atom. The van der Waals surface area contributed by atoms with Crippen LogP contribution in [0, 0.1) is 0 Å². The predicted octanol–water partition coefficient (Wildman–Crippen LogP) is 0.758. The minimum atomic E-state index is -1.04. The second kappa shape index (κ2) is 5.85. The van der Waals surface area contributed by atoms with E-state index in [4.69, 9.17) is 10.8 Å². The van der Waals surface area contributed by atoms with E-state index in [0.717, 1.165) is 31.3 Å². The maximum atomic E-state index is 10.8. The summed E-state index contributed by atoms with van der Waals surface area (Å²) in [5.41, 5.74) is 6.00. The van der Waals surface area contributed by atoms with Crippen molar-refractivity contribution >= 4 is 22.4 Å². The second-order valence-electron chi connectivity index (χ2n) is 4.99. The zero-order valence-corrected chi connectivity index (χ0v) is 12.1. The summed E-state index contributed by atoms with van der Waals surface area (Å²) in [6, 6.07) is -0.462. The third-order valence-electron chi connectivity index (χ3n) is 3.41. The van der Waals surface area contributed by atoms with E-state index in [1.54, 1.807) is 5.38 Å². The number of nitrogens with two attached hydrogens (primary N) is 1. The summed E-state index contributed by atoms with van der Waals surface area (Å²) in [4.78, 5) is 19.8. The molecule has 6 nitrogen and oxygen atoms in total. The van der Waals surface area contributed by atoms with Crippen LogP contribution in [0.4, 0.5) is 5.13 Å². The van der Waals surface area contributed by atoms with Gasteiger partial charge in [0.15, 0.2) is 5.13 Å². The SMILES string of the molecule is CC(C)N1CCN(c2nc(C(N)C(=O)O)cs2)CC1. The fraction of sp³-hybridized carbons (Fsp3) is 0.667. The number of hydrogen-bond donors (Lipinski definition) is 2. The zero-order chi connectivity index (χ0) is 14.0. The van der Waals surface area contributed by atoms with E-state index in [1.165, 1.54) is 11.3 Å². The molecule has 1 unspecified atom stereocenters. The minimum absolute atomic E-state index is 0.443. The first-order valence-corrected chi connectivity index (χ1v) is 7.30. The van der Waals surface area contributed by atoms with Gasteiger partial charge < -0.3 is 15.7 Å². The maximum absolute atomic E-state index is 10.8. The van der Waals surface area contributed by atoms with Crippen LogP contribution in [0.5, 0.6) is 0 Å². The van der Waals surface area contributed by atoms with Crippen molar-refractivity contribution in [2.45, 2.75) is 25.9 Å². The highest BCUT2D eigenvalue weighted by Crippen LogP contribution is 2.24. The van der Waals surface area contributed by atoms with Gasteiger partial charge in [0.1, 0.15) is 6.04 Å². The molecule has 1 aromatic heterocycles. The number of rotatable bonds is 4. The molecule has 0 radical (unpaired) electrons. The third kappa shape index (κ3) is 3.23. The third-order valence-corrected chi connectivity index (χ3v) is 4.33. The monoisotopic (exact) mass is 284 g/mol. The minimum Gasteiger partial charge on any atom is -0.480 e. The standard InChI is InChI=1S/C12H20N4O2S/c1-8(2)15-3-5-16(6-4-15)12-14-9(7-19-12)10(13)11(17)18/h7-8,10H,3-6,13H2,1-2H3,(H,17,18). The zero-order valence-electron chi connectivity index (χ0n) is 11.2. The van der Waals surface area contributed by atoms with Gasteiger partial charge in [-0.1, -0.05) is 0 Å². The summed E-state index contributed by atoms with van der Waals surface area (Å²) < 4.78 is 0. The molecule has 1 aromatic rings. The number of piperazine rings is 1. The average Bonchev–Trinajstić information content (AvgIpc) is 2.87. The Kier molecular flexibility index (Phi) is 4.38. The largest absolute Gasteiger partial charge is 0.480 e. The molecule has 19 heavy (non-hydrogen) atoms. The lowest BCUT2D eigenvalue weighted by Crippen LogP contribution is -2.48. The lowest BCUT2D eigenvalue weighted by Gasteiger charge is -2.36. The van der Waals surface area contributed by atoms with E-state index in [9.17, 15) is 4.79 Å². The highest BCUT2D eigenvalue weighted by Gasteiger charge is 2.23. The van der Waals surface area contributed by atoms with Gasteiger partial charge in [-0.15, -0.1) is 11.3 Å². The van der Waals surface area contributed by atoms with Crippen LogP contribution in [0.3, 0.4) is 0 Å². The average molecular weight is 284 g/mol. The number of carboxylic acid groups (broad SMARTS) is 1. The first-order valence-electron chi connectivity index (χ1n) is 6.42. The van der Waals surface area contributed by atoms with Crippen LogP contribution in [0.2, 0.25) is 0 Å². The van der Waals surface area contributed by atoms with Crippen molar-refractivity contribution in [3.63, 3.8) is 0 Å². The van der Waals surface area contributed by atoms with Gasteiger partial charge in [0.05, 0.1) is 5.69 Å². The van der Waals surface area contributed by atoms with Gasteiger partial charge in [-0.05, 0) is 13.8 Å². The summed E-state index contributed by atoms with van der Waals surface area (Å²) in [6.07, 6.45) is 0. The molecule has 0 amide bonds. The van der Waals surface area contributed by atoms with Crippen LogP contribution < -0.4 is 10.6 Å². The predicted molar refractivity (Wildman–Crippen MR) is 75.6 cm³/mol. The molecule has 0 aliphatic carbocycles. The number of anilines is 1. The summed E-state index contributed by atoms with van der Waals surface area (Å²) in [5.74, 6) is -1.04. The van der Waals surface area contributed by atoms with E-state index in [-0.39, 0.29) is 0 Å². The molecule has 0 bridgehead atoms. The number of aromatic nitrogens is 1. The van der Waals surface area contributed by atoms with Gasteiger partial charge in [0.25, 0.3) is 0 Å². The van der Waals surface area contributed by atoms with E-state index in [1.807, 2.05) is 0 Å². The van der Waals surface area contributed by atoms with Crippen LogP contribution in [0.15, 0.2) is 5.38 Å². The molecule has 106 valence electrons. The Labute approximate surface area is 116 Å². The maximum Gasteiger partial charge on any atom is 0.326 e. The van der Waals surface area contributed by atoms with Gasteiger partial charge >= 0.3 is 5.97 Å². The van der Waals surface area contributed by atoms with Gasteiger partial charge in [0, 0.05) is 37.6 Å². The molecule has 3 N–H and O–H groups in total. The van der Waals surface area contributed by atoms with Gasteiger partial charge in [-0.3, -0.25) is 9.69 Å². The number of carbonyl (C=O) groups is 1. The highest BCUT2D eigenvalue weighted by atomic mass is 32.1. The summed E-state index contributed by atoms with van der Waals surface area (Å²) in [5, 5.41) is 11.5. The molecule has 2 rings (SSSR count). The molecule has 1 aliphatic rings. The molecule has 1 aliphatic heterocycles. The molecular formula is C12H20N4O2S. The van der Waals surface area contributed by atoms with E-state index < -0.39 is 12.0 Å². The summed E-state index contributed by atoms with van der Waals surface area (Å²) in [6.45, 7) is 8.27. The molecular weight excluding hydrogens is 264 g/mol. The van der Waals surface area contributed by atoms with Crippen molar-refractivity contribution in [2.24, 2.45) is 5.73 Å². The molecule has 7 heteroatoms. The Hall–Kier alpha value is -1.18. The van der Waals surface area contributed by atoms with Gasteiger partial charge in [-0.2, -0.15) is 0 Å². The fourth-order valence-corrected chi connectivity index (χ4v) is 3.04. The van der Waals surface area contributed by atoms with Crippen molar-refractivity contribution < 1.29 is 9.90 Å². The molecule has 0 aromatic carbocycles. The fourth-order valence-electron chi connectivity index (χ4n) is 2.12. The van der Waals surface area contributed by atoms with Gasteiger partial charge in [-0.25, -0.2) is 4.98 Å². The van der Waals surface area contributed by atoms with E-state index in [0.29, 0.717) is 11.7 Å². The van der Waals surface area contributed by atoms with E-state index in [2.05, 4.69) is 28.6 Å². The first-order chi connectivity index (χ1) is 8.99. The number of hydrogen-bond acceptors (Lipinski definition) is 6. The molecule has 1 fully saturated rings. The molecule has 1 saturated heterocycles. The van der Waals surface area contributed by atoms with Crippen molar-refractivity contribution in [1.82, 2.24) is 9.88 Å². The summed E-state index contributed by atoms with van der Waals surface area (Å²) >= 11 is 1.46. The van der Waals surface area contributed by atoms with Crippen LogP contribution in [-0.2, 0) is 4.79 Å². The lowest BCUT2D eigenvalue weighted by atomic mass is 10.2. The Morgan fingerprint density at radius 2 is 2.05 bits per heavy atom. The number of thiazole rings is 1. The quantitative estimate of drug-likeness (QED) is 0.849. The summed E-state index contributed by atoms with van der Waals surface area (Å²) in [7, 11) is 0.